The van der Waals surface area contributed by atoms with Gasteiger partial charge in [0.15, 0.2) is 0 Å². The summed E-state index contributed by atoms with van der Waals surface area (Å²) in [5.74, 6) is 0.924. The molecule has 3 N–H and O–H groups in total. The highest BCUT2D eigenvalue weighted by molar-refractivity contribution is 5.48. The maximum atomic E-state index is 9.78. The Balaban J connectivity index is 2.08. The quantitative estimate of drug-likeness (QED) is 0.717. The van der Waals surface area contributed by atoms with Crippen LogP contribution in [0.15, 0.2) is 18.3 Å². The van der Waals surface area contributed by atoms with E-state index in [0.717, 1.165) is 18.7 Å². The molecule has 2 unspecified atom stereocenters. The molecule has 0 aliphatic carbocycles. The van der Waals surface area contributed by atoms with Crippen LogP contribution in [-0.4, -0.2) is 29.3 Å². The molecule has 4 heteroatoms. The van der Waals surface area contributed by atoms with E-state index in [2.05, 4.69) is 16.8 Å². The minimum absolute atomic E-state index is 0.240. The molecule has 2 rings (SSSR count). The largest absolute Gasteiger partial charge is 0.391 e. The average Bonchev–Trinajstić information content (AvgIpc) is 2.23. The Labute approximate surface area is 89.7 Å². The monoisotopic (exact) mass is 207 g/mol. The lowest BCUT2D eigenvalue weighted by molar-refractivity contribution is 0.103. The molecule has 1 fully saturated rings. The van der Waals surface area contributed by atoms with E-state index in [9.17, 15) is 5.11 Å². The zero-order valence-corrected chi connectivity index (χ0v) is 8.93. The summed E-state index contributed by atoms with van der Waals surface area (Å²) >= 11 is 0. The van der Waals surface area contributed by atoms with Gasteiger partial charge in [-0.15, -0.1) is 0 Å². The molecule has 1 aliphatic rings. The number of nitrogens with two attached hydrogens (primary N) is 1. The van der Waals surface area contributed by atoms with Crippen LogP contribution in [0.5, 0.6) is 0 Å². The first kappa shape index (κ1) is 10.2. The molecule has 0 spiro atoms. The number of aliphatic hydroxyl groups excluding tert-OH is 1. The molecule has 1 aromatic rings. The van der Waals surface area contributed by atoms with E-state index in [1.54, 1.807) is 12.3 Å². The van der Waals surface area contributed by atoms with Crippen molar-refractivity contribution in [2.45, 2.75) is 19.4 Å². The maximum Gasteiger partial charge on any atom is 0.123 e. The van der Waals surface area contributed by atoms with Crippen molar-refractivity contribution in [1.82, 2.24) is 4.98 Å². The lowest BCUT2D eigenvalue weighted by Gasteiger charge is -2.35. The van der Waals surface area contributed by atoms with E-state index >= 15 is 0 Å². The molecule has 2 heterocycles. The number of piperidine rings is 1. The number of anilines is 2. The number of nitrogen functional groups attached to an aromatic ring is 1. The summed E-state index contributed by atoms with van der Waals surface area (Å²) in [4.78, 5) is 6.20. The van der Waals surface area contributed by atoms with Crippen molar-refractivity contribution in [1.29, 1.82) is 0 Å². The third-order valence-electron chi connectivity index (χ3n) is 3.05. The number of rotatable bonds is 1. The predicted octanol–water partition coefficient (Wildman–Crippen LogP) is 0.871. The highest BCUT2D eigenvalue weighted by Gasteiger charge is 2.24. The molecular formula is C11H17N3O. The highest BCUT2D eigenvalue weighted by atomic mass is 16.3. The molecule has 0 aromatic carbocycles. The summed E-state index contributed by atoms with van der Waals surface area (Å²) in [7, 11) is 0. The fourth-order valence-corrected chi connectivity index (χ4v) is 1.87. The second kappa shape index (κ2) is 4.06. The van der Waals surface area contributed by atoms with Gasteiger partial charge in [0.1, 0.15) is 5.82 Å². The summed E-state index contributed by atoms with van der Waals surface area (Å²) in [5, 5.41) is 9.78. The first-order valence-corrected chi connectivity index (χ1v) is 5.31. The van der Waals surface area contributed by atoms with Crippen molar-refractivity contribution in [3.8, 4) is 0 Å². The van der Waals surface area contributed by atoms with E-state index < -0.39 is 0 Å². The normalized spacial score (nSPS) is 26.7. The molecule has 0 bridgehead atoms. The van der Waals surface area contributed by atoms with Crippen molar-refractivity contribution >= 4 is 11.5 Å². The van der Waals surface area contributed by atoms with Gasteiger partial charge in [0.05, 0.1) is 18.0 Å². The van der Waals surface area contributed by atoms with Crippen LogP contribution in [0.1, 0.15) is 13.3 Å². The van der Waals surface area contributed by atoms with Crippen LogP contribution in [0.3, 0.4) is 0 Å². The standard InChI is InChI=1S/C11H17N3O/c1-8-4-5-14(7-10(8)15)9-2-3-11(12)13-6-9/h2-3,6,8,10,15H,4-5,7H2,1H3,(H2,12,13). The van der Waals surface area contributed by atoms with Crippen LogP contribution in [-0.2, 0) is 0 Å². The molecule has 2 atom stereocenters. The van der Waals surface area contributed by atoms with Crippen molar-refractivity contribution in [2.24, 2.45) is 5.92 Å². The van der Waals surface area contributed by atoms with Crippen LogP contribution in [0.4, 0.5) is 11.5 Å². The first-order chi connectivity index (χ1) is 7.16. The molecule has 0 radical (unpaired) electrons. The Morgan fingerprint density at radius 2 is 2.33 bits per heavy atom. The molecule has 1 saturated heterocycles. The van der Waals surface area contributed by atoms with Gasteiger partial charge in [0, 0.05) is 13.1 Å². The number of aliphatic hydroxyl groups is 1. The predicted molar refractivity (Wildman–Crippen MR) is 60.7 cm³/mol. The van der Waals surface area contributed by atoms with Crippen LogP contribution in [0, 0.1) is 5.92 Å². The zero-order valence-electron chi connectivity index (χ0n) is 8.93. The van der Waals surface area contributed by atoms with Crippen molar-refractivity contribution in [3.63, 3.8) is 0 Å². The lowest BCUT2D eigenvalue weighted by atomic mass is 9.96. The Hall–Kier alpha value is -1.29. The zero-order chi connectivity index (χ0) is 10.8. The van der Waals surface area contributed by atoms with Gasteiger partial charge < -0.3 is 15.7 Å². The number of hydrogen-bond acceptors (Lipinski definition) is 4. The molecule has 82 valence electrons. The van der Waals surface area contributed by atoms with Gasteiger partial charge in [-0.2, -0.15) is 0 Å². The van der Waals surface area contributed by atoms with E-state index in [1.807, 2.05) is 6.07 Å². The minimum atomic E-state index is -0.240. The van der Waals surface area contributed by atoms with Gasteiger partial charge in [0.25, 0.3) is 0 Å². The fraction of sp³-hybridized carbons (Fsp3) is 0.545. The van der Waals surface area contributed by atoms with Crippen molar-refractivity contribution < 1.29 is 5.11 Å². The number of aromatic nitrogens is 1. The first-order valence-electron chi connectivity index (χ1n) is 5.31. The topological polar surface area (TPSA) is 62.4 Å². The Morgan fingerprint density at radius 1 is 1.53 bits per heavy atom. The van der Waals surface area contributed by atoms with Crippen LogP contribution in [0.25, 0.3) is 0 Å². The number of hydrogen-bond donors (Lipinski definition) is 2. The van der Waals surface area contributed by atoms with Crippen LogP contribution >= 0.6 is 0 Å². The smallest absolute Gasteiger partial charge is 0.123 e. The number of nitrogens with zero attached hydrogens (tertiary/aromatic N) is 2. The maximum absolute atomic E-state index is 9.78. The lowest BCUT2D eigenvalue weighted by Crippen LogP contribution is -2.42. The fourth-order valence-electron chi connectivity index (χ4n) is 1.87. The van der Waals surface area contributed by atoms with Gasteiger partial charge in [-0.1, -0.05) is 6.92 Å². The van der Waals surface area contributed by atoms with Crippen LogP contribution < -0.4 is 10.6 Å². The minimum Gasteiger partial charge on any atom is -0.391 e. The number of β-amino-alcohol motifs (C(OH)–C–C–N with tert-alkyl or cyclic N) is 1. The van der Waals surface area contributed by atoms with Gasteiger partial charge in [-0.25, -0.2) is 4.98 Å². The summed E-state index contributed by atoms with van der Waals surface area (Å²) in [6, 6.07) is 3.74. The molecule has 0 saturated carbocycles. The van der Waals surface area contributed by atoms with E-state index in [1.165, 1.54) is 0 Å². The van der Waals surface area contributed by atoms with Gasteiger partial charge >= 0.3 is 0 Å². The molecular weight excluding hydrogens is 190 g/mol. The van der Waals surface area contributed by atoms with Crippen molar-refractivity contribution in [2.75, 3.05) is 23.7 Å². The Kier molecular flexibility index (Phi) is 2.77. The Morgan fingerprint density at radius 3 is 2.93 bits per heavy atom. The molecule has 1 aliphatic heterocycles. The van der Waals surface area contributed by atoms with E-state index in [0.29, 0.717) is 18.3 Å². The second-order valence-electron chi connectivity index (χ2n) is 4.22. The van der Waals surface area contributed by atoms with Gasteiger partial charge in [-0.3, -0.25) is 0 Å². The van der Waals surface area contributed by atoms with Gasteiger partial charge in [-0.05, 0) is 24.5 Å². The third-order valence-corrected chi connectivity index (χ3v) is 3.05. The van der Waals surface area contributed by atoms with Crippen LogP contribution in [0.2, 0.25) is 0 Å². The molecule has 4 nitrogen and oxygen atoms in total. The SMILES string of the molecule is CC1CCN(c2ccc(N)nc2)CC1O. The Bertz CT molecular complexity index is 325. The summed E-state index contributed by atoms with van der Waals surface area (Å²) < 4.78 is 0. The van der Waals surface area contributed by atoms with Gasteiger partial charge in [0.2, 0.25) is 0 Å². The summed E-state index contributed by atoms with van der Waals surface area (Å²) in [6.45, 7) is 3.75. The highest BCUT2D eigenvalue weighted by Crippen LogP contribution is 2.22. The van der Waals surface area contributed by atoms with E-state index in [4.69, 9.17) is 5.73 Å². The number of pyridine rings is 1. The van der Waals surface area contributed by atoms with Crippen molar-refractivity contribution in [3.05, 3.63) is 18.3 Å². The van der Waals surface area contributed by atoms with E-state index in [-0.39, 0.29) is 6.10 Å². The molecule has 0 amide bonds. The second-order valence-corrected chi connectivity index (χ2v) is 4.22. The summed E-state index contributed by atoms with van der Waals surface area (Å²) in [6.07, 6.45) is 2.54. The average molecular weight is 207 g/mol. The third kappa shape index (κ3) is 2.21. The molecule has 15 heavy (non-hydrogen) atoms. The molecule has 1 aromatic heterocycles. The summed E-state index contributed by atoms with van der Waals surface area (Å²) in [5.41, 5.74) is 6.56.